The topological polar surface area (TPSA) is 26.3 Å². The van der Waals surface area contributed by atoms with Gasteiger partial charge in [-0.25, -0.2) is 0 Å². The van der Waals surface area contributed by atoms with E-state index >= 15 is 0 Å². The number of allylic oxidation sites excluding steroid dienone is 2. The number of alkyl halides is 3. The Bertz CT molecular complexity index is 532. The fourth-order valence-electron chi connectivity index (χ4n) is 2.05. The van der Waals surface area contributed by atoms with Gasteiger partial charge in [0.05, 0.1) is 0 Å². The number of rotatable bonds is 4. The van der Waals surface area contributed by atoms with Gasteiger partial charge in [-0.05, 0) is 17.2 Å². The highest BCUT2D eigenvalue weighted by Crippen LogP contribution is 2.41. The number of ether oxygens (including phenoxy) is 1. The molecule has 5 heteroatoms. The SMILES string of the molecule is O=CCOC1(C(F)(F)F)C=CC(c2ccccc2)=CC1. The van der Waals surface area contributed by atoms with Gasteiger partial charge in [-0.1, -0.05) is 42.5 Å². The Kier molecular flexibility index (Phi) is 4.09. The molecule has 0 saturated carbocycles. The second-order valence-corrected chi connectivity index (χ2v) is 4.43. The Labute approximate surface area is 114 Å². The average molecular weight is 282 g/mol. The number of aldehydes is 1. The lowest BCUT2D eigenvalue weighted by Gasteiger charge is -2.33. The van der Waals surface area contributed by atoms with E-state index in [-0.39, 0.29) is 6.42 Å². The van der Waals surface area contributed by atoms with Gasteiger partial charge in [-0.3, -0.25) is 0 Å². The first-order chi connectivity index (χ1) is 9.48. The summed E-state index contributed by atoms with van der Waals surface area (Å²) in [5.41, 5.74) is -0.860. The van der Waals surface area contributed by atoms with Crippen LogP contribution < -0.4 is 0 Å². The van der Waals surface area contributed by atoms with Crippen molar-refractivity contribution in [1.82, 2.24) is 0 Å². The molecule has 2 nitrogen and oxygen atoms in total. The molecule has 2 rings (SSSR count). The van der Waals surface area contributed by atoms with Crippen LogP contribution in [0.2, 0.25) is 0 Å². The Morgan fingerprint density at radius 3 is 2.45 bits per heavy atom. The molecule has 0 bridgehead atoms. The molecular formula is C15H13F3O2. The molecule has 1 aromatic rings. The maximum atomic E-state index is 13.1. The maximum absolute atomic E-state index is 13.1. The summed E-state index contributed by atoms with van der Waals surface area (Å²) in [6.45, 7) is -0.585. The molecule has 20 heavy (non-hydrogen) atoms. The van der Waals surface area contributed by atoms with Crippen molar-refractivity contribution in [3.8, 4) is 0 Å². The third-order valence-corrected chi connectivity index (χ3v) is 3.15. The minimum Gasteiger partial charge on any atom is -0.354 e. The lowest BCUT2D eigenvalue weighted by molar-refractivity contribution is -0.253. The van der Waals surface area contributed by atoms with Crippen molar-refractivity contribution < 1.29 is 22.7 Å². The highest BCUT2D eigenvalue weighted by atomic mass is 19.4. The zero-order valence-electron chi connectivity index (χ0n) is 10.6. The summed E-state index contributed by atoms with van der Waals surface area (Å²) in [6, 6.07) is 9.12. The zero-order chi connectivity index (χ0) is 14.6. The fourth-order valence-corrected chi connectivity index (χ4v) is 2.05. The Balaban J connectivity index is 2.24. The molecule has 0 heterocycles. The van der Waals surface area contributed by atoms with Crippen LogP contribution >= 0.6 is 0 Å². The van der Waals surface area contributed by atoms with E-state index in [2.05, 4.69) is 0 Å². The van der Waals surface area contributed by atoms with Crippen molar-refractivity contribution in [2.75, 3.05) is 6.61 Å². The summed E-state index contributed by atoms with van der Waals surface area (Å²) < 4.78 is 44.1. The monoisotopic (exact) mass is 282 g/mol. The molecule has 0 N–H and O–H groups in total. The quantitative estimate of drug-likeness (QED) is 0.789. The van der Waals surface area contributed by atoms with Gasteiger partial charge in [0.25, 0.3) is 0 Å². The summed E-state index contributed by atoms with van der Waals surface area (Å²) in [6.07, 6.45) is -0.738. The third-order valence-electron chi connectivity index (χ3n) is 3.15. The van der Waals surface area contributed by atoms with Crippen molar-refractivity contribution >= 4 is 11.9 Å². The van der Waals surface area contributed by atoms with Crippen molar-refractivity contribution in [3.63, 3.8) is 0 Å². The maximum Gasteiger partial charge on any atom is 0.421 e. The van der Waals surface area contributed by atoms with E-state index in [9.17, 15) is 18.0 Å². The number of hydrogen-bond donors (Lipinski definition) is 0. The molecular weight excluding hydrogens is 269 g/mol. The van der Waals surface area contributed by atoms with Crippen molar-refractivity contribution in [1.29, 1.82) is 0 Å². The number of hydrogen-bond acceptors (Lipinski definition) is 2. The average Bonchev–Trinajstić information content (AvgIpc) is 2.45. The van der Waals surface area contributed by atoms with Gasteiger partial charge >= 0.3 is 6.18 Å². The highest BCUT2D eigenvalue weighted by molar-refractivity contribution is 5.75. The van der Waals surface area contributed by atoms with E-state index in [1.807, 2.05) is 30.3 Å². The normalized spacial score (nSPS) is 22.4. The second kappa shape index (κ2) is 5.63. The molecule has 1 aromatic carbocycles. The molecule has 0 saturated heterocycles. The van der Waals surface area contributed by atoms with Crippen LogP contribution in [0, 0.1) is 0 Å². The lowest BCUT2D eigenvalue weighted by atomic mass is 9.88. The largest absolute Gasteiger partial charge is 0.421 e. The van der Waals surface area contributed by atoms with Gasteiger partial charge < -0.3 is 9.53 Å². The van der Waals surface area contributed by atoms with E-state index in [1.54, 1.807) is 0 Å². The molecule has 1 atom stereocenters. The molecule has 0 fully saturated rings. The number of halogens is 3. The Morgan fingerprint density at radius 1 is 1.25 bits per heavy atom. The molecule has 0 radical (unpaired) electrons. The van der Waals surface area contributed by atoms with Gasteiger partial charge in [0.2, 0.25) is 0 Å². The number of carbonyl (C=O) groups is 1. The molecule has 0 amide bonds. The third kappa shape index (κ3) is 2.82. The first kappa shape index (κ1) is 14.5. The van der Waals surface area contributed by atoms with Gasteiger partial charge in [-0.2, -0.15) is 13.2 Å². The molecule has 0 aromatic heterocycles. The van der Waals surface area contributed by atoms with E-state index in [0.717, 1.165) is 11.6 Å². The van der Waals surface area contributed by atoms with E-state index in [1.165, 1.54) is 12.2 Å². The predicted molar refractivity (Wildman–Crippen MR) is 69.0 cm³/mol. The molecule has 1 unspecified atom stereocenters. The van der Waals surface area contributed by atoms with E-state index in [0.29, 0.717) is 11.9 Å². The standard InChI is InChI=1S/C15H13F3O2/c16-15(17,18)14(20-11-10-19)8-6-13(7-9-14)12-4-2-1-3-5-12/h1-8,10H,9,11H2. The van der Waals surface area contributed by atoms with Gasteiger partial charge in [-0.15, -0.1) is 0 Å². The van der Waals surface area contributed by atoms with Crippen LogP contribution in [0.4, 0.5) is 13.2 Å². The minimum atomic E-state index is -4.56. The van der Waals surface area contributed by atoms with Crippen LogP contribution in [0.3, 0.4) is 0 Å². The number of benzene rings is 1. The van der Waals surface area contributed by atoms with Crippen molar-refractivity contribution in [2.45, 2.75) is 18.2 Å². The first-order valence-corrected chi connectivity index (χ1v) is 6.08. The highest BCUT2D eigenvalue weighted by Gasteiger charge is 2.54. The second-order valence-electron chi connectivity index (χ2n) is 4.43. The molecule has 0 spiro atoms. The van der Waals surface area contributed by atoms with Crippen LogP contribution in [-0.2, 0) is 9.53 Å². The van der Waals surface area contributed by atoms with Crippen LogP contribution in [0.5, 0.6) is 0 Å². The minimum absolute atomic E-state index is 0.317. The summed E-state index contributed by atoms with van der Waals surface area (Å²) in [7, 11) is 0. The predicted octanol–water partition coefficient (Wildman–Crippen LogP) is 3.55. The van der Waals surface area contributed by atoms with E-state index in [4.69, 9.17) is 4.74 Å². The van der Waals surface area contributed by atoms with Gasteiger partial charge in [0, 0.05) is 6.42 Å². The van der Waals surface area contributed by atoms with Gasteiger partial charge in [0.1, 0.15) is 12.9 Å². The summed E-state index contributed by atoms with van der Waals surface area (Å²) in [4.78, 5) is 10.3. The zero-order valence-corrected chi connectivity index (χ0v) is 10.6. The molecule has 106 valence electrons. The van der Waals surface area contributed by atoms with Gasteiger partial charge in [0.15, 0.2) is 5.60 Å². The number of carbonyl (C=O) groups excluding carboxylic acids is 1. The molecule has 0 aliphatic heterocycles. The summed E-state index contributed by atoms with van der Waals surface area (Å²) >= 11 is 0. The van der Waals surface area contributed by atoms with Crippen molar-refractivity contribution in [2.24, 2.45) is 0 Å². The molecule has 1 aliphatic rings. The lowest BCUT2D eigenvalue weighted by Crippen LogP contribution is -2.46. The van der Waals surface area contributed by atoms with Crippen LogP contribution in [-0.4, -0.2) is 24.7 Å². The summed E-state index contributed by atoms with van der Waals surface area (Å²) in [5, 5.41) is 0. The smallest absolute Gasteiger partial charge is 0.354 e. The Morgan fingerprint density at radius 2 is 1.95 bits per heavy atom. The van der Waals surface area contributed by atoms with Crippen LogP contribution in [0.25, 0.3) is 5.57 Å². The van der Waals surface area contributed by atoms with Crippen LogP contribution in [0.1, 0.15) is 12.0 Å². The van der Waals surface area contributed by atoms with Crippen LogP contribution in [0.15, 0.2) is 48.6 Å². The Hall–Kier alpha value is -1.88. The fraction of sp³-hybridized carbons (Fsp3) is 0.267. The molecule has 1 aliphatic carbocycles. The van der Waals surface area contributed by atoms with E-state index < -0.39 is 18.4 Å². The first-order valence-electron chi connectivity index (χ1n) is 6.08. The summed E-state index contributed by atoms with van der Waals surface area (Å²) in [5.74, 6) is 0. The van der Waals surface area contributed by atoms with Crippen molar-refractivity contribution in [3.05, 3.63) is 54.1 Å².